The molecule has 14 heavy (non-hydrogen) atoms. The van der Waals surface area contributed by atoms with Crippen LogP contribution in [0.1, 0.15) is 38.5 Å². The molecule has 0 bridgehead atoms. The molecule has 1 saturated carbocycles. The molecule has 1 rings (SSSR count). The zero-order chi connectivity index (χ0) is 10.4. The first-order valence-corrected chi connectivity index (χ1v) is 6.06. The summed E-state index contributed by atoms with van der Waals surface area (Å²) in [6.45, 7) is 2.24. The van der Waals surface area contributed by atoms with Crippen LogP contribution < -0.4 is 5.73 Å². The van der Waals surface area contributed by atoms with Crippen molar-refractivity contribution in [2.75, 3.05) is 20.1 Å². The van der Waals surface area contributed by atoms with E-state index in [4.69, 9.17) is 18.0 Å². The standard InChI is InChI=1S/C11H22N2S/c1-13(8-7-11(12)14)9-10-5-3-2-4-6-10/h10H,2-9H2,1H3,(H2,12,14). The maximum Gasteiger partial charge on any atom is 0.0740 e. The van der Waals surface area contributed by atoms with Crippen LogP contribution in [-0.2, 0) is 0 Å². The van der Waals surface area contributed by atoms with Gasteiger partial charge < -0.3 is 10.6 Å². The highest BCUT2D eigenvalue weighted by Gasteiger charge is 2.14. The van der Waals surface area contributed by atoms with Crippen LogP contribution in [0.4, 0.5) is 0 Å². The maximum absolute atomic E-state index is 5.48. The lowest BCUT2D eigenvalue weighted by molar-refractivity contribution is 0.238. The maximum atomic E-state index is 5.48. The third-order valence-corrected chi connectivity index (χ3v) is 3.24. The second-order valence-corrected chi connectivity index (χ2v) is 5.01. The van der Waals surface area contributed by atoms with Crippen molar-refractivity contribution in [1.82, 2.24) is 4.90 Å². The van der Waals surface area contributed by atoms with Crippen LogP contribution in [-0.4, -0.2) is 30.0 Å². The van der Waals surface area contributed by atoms with Crippen molar-refractivity contribution in [2.24, 2.45) is 11.7 Å². The molecule has 0 heterocycles. The highest BCUT2D eigenvalue weighted by molar-refractivity contribution is 7.80. The van der Waals surface area contributed by atoms with Crippen molar-refractivity contribution in [1.29, 1.82) is 0 Å². The van der Waals surface area contributed by atoms with Crippen LogP contribution >= 0.6 is 12.2 Å². The molecule has 0 aromatic rings. The van der Waals surface area contributed by atoms with E-state index in [1.54, 1.807) is 0 Å². The zero-order valence-corrected chi connectivity index (χ0v) is 9.98. The third kappa shape index (κ3) is 4.91. The molecule has 2 N–H and O–H groups in total. The van der Waals surface area contributed by atoms with Gasteiger partial charge in [0.15, 0.2) is 0 Å². The SMILES string of the molecule is CN(CCC(N)=S)CC1CCCCC1. The first-order valence-electron chi connectivity index (χ1n) is 5.65. The van der Waals surface area contributed by atoms with Crippen LogP contribution in [0.15, 0.2) is 0 Å². The van der Waals surface area contributed by atoms with Gasteiger partial charge in [0.2, 0.25) is 0 Å². The van der Waals surface area contributed by atoms with E-state index in [0.29, 0.717) is 4.99 Å². The van der Waals surface area contributed by atoms with Crippen LogP contribution in [0.3, 0.4) is 0 Å². The number of hydrogen-bond acceptors (Lipinski definition) is 2. The summed E-state index contributed by atoms with van der Waals surface area (Å²) in [5, 5.41) is 0. The van der Waals surface area contributed by atoms with Crippen LogP contribution in [0, 0.1) is 5.92 Å². The monoisotopic (exact) mass is 214 g/mol. The molecule has 0 unspecified atom stereocenters. The molecule has 0 aromatic heterocycles. The lowest BCUT2D eigenvalue weighted by Gasteiger charge is -2.26. The fraction of sp³-hybridized carbons (Fsp3) is 0.909. The smallest absolute Gasteiger partial charge is 0.0740 e. The molecule has 0 aliphatic heterocycles. The molecule has 1 aliphatic rings. The van der Waals surface area contributed by atoms with E-state index in [1.807, 2.05) is 0 Å². The first-order chi connectivity index (χ1) is 6.68. The molecular weight excluding hydrogens is 192 g/mol. The molecule has 0 saturated heterocycles. The number of thiocarbonyl (C=S) groups is 1. The molecule has 0 atom stereocenters. The van der Waals surface area contributed by atoms with Gasteiger partial charge in [-0.05, 0) is 25.8 Å². The van der Waals surface area contributed by atoms with E-state index in [9.17, 15) is 0 Å². The normalized spacial score (nSPS) is 18.7. The highest BCUT2D eigenvalue weighted by Crippen LogP contribution is 2.23. The molecular formula is C11H22N2S. The van der Waals surface area contributed by atoms with Crippen LogP contribution in [0.2, 0.25) is 0 Å². The van der Waals surface area contributed by atoms with Crippen molar-refractivity contribution in [3.8, 4) is 0 Å². The molecule has 0 amide bonds. The Morgan fingerprint density at radius 1 is 1.36 bits per heavy atom. The largest absolute Gasteiger partial charge is 0.393 e. The molecule has 3 heteroatoms. The number of hydrogen-bond donors (Lipinski definition) is 1. The summed E-state index contributed by atoms with van der Waals surface area (Å²) in [7, 11) is 2.17. The Morgan fingerprint density at radius 3 is 2.57 bits per heavy atom. The van der Waals surface area contributed by atoms with Gasteiger partial charge in [0, 0.05) is 19.5 Å². The summed E-state index contributed by atoms with van der Waals surface area (Å²) >= 11 is 4.87. The summed E-state index contributed by atoms with van der Waals surface area (Å²) in [4.78, 5) is 3.01. The average molecular weight is 214 g/mol. The van der Waals surface area contributed by atoms with Gasteiger partial charge in [0.05, 0.1) is 4.99 Å². The average Bonchev–Trinajstić information content (AvgIpc) is 2.16. The van der Waals surface area contributed by atoms with Crippen molar-refractivity contribution in [3.05, 3.63) is 0 Å². The second kappa shape index (κ2) is 6.36. The minimum absolute atomic E-state index is 0.639. The lowest BCUT2D eigenvalue weighted by Crippen LogP contribution is -2.29. The first kappa shape index (κ1) is 11.9. The van der Waals surface area contributed by atoms with Crippen molar-refractivity contribution < 1.29 is 0 Å². The summed E-state index contributed by atoms with van der Waals surface area (Å²) in [5.41, 5.74) is 5.48. The quantitative estimate of drug-likeness (QED) is 0.711. The van der Waals surface area contributed by atoms with Gasteiger partial charge in [-0.15, -0.1) is 0 Å². The second-order valence-electron chi connectivity index (χ2n) is 4.48. The van der Waals surface area contributed by atoms with Crippen LogP contribution in [0.25, 0.3) is 0 Å². The van der Waals surface area contributed by atoms with Gasteiger partial charge in [0.25, 0.3) is 0 Å². The van der Waals surface area contributed by atoms with E-state index in [2.05, 4.69) is 11.9 Å². The minimum atomic E-state index is 0.639. The van der Waals surface area contributed by atoms with Gasteiger partial charge in [-0.2, -0.15) is 0 Å². The molecule has 0 spiro atoms. The number of nitrogens with two attached hydrogens (primary N) is 1. The molecule has 2 nitrogen and oxygen atoms in total. The van der Waals surface area contributed by atoms with Gasteiger partial charge >= 0.3 is 0 Å². The molecule has 0 radical (unpaired) electrons. The topological polar surface area (TPSA) is 29.3 Å². The lowest BCUT2D eigenvalue weighted by atomic mass is 9.89. The van der Waals surface area contributed by atoms with E-state index in [1.165, 1.54) is 38.6 Å². The molecule has 1 fully saturated rings. The Morgan fingerprint density at radius 2 is 2.00 bits per heavy atom. The fourth-order valence-corrected chi connectivity index (χ4v) is 2.29. The van der Waals surface area contributed by atoms with Gasteiger partial charge in [-0.25, -0.2) is 0 Å². The van der Waals surface area contributed by atoms with Gasteiger partial charge in [-0.1, -0.05) is 31.5 Å². The van der Waals surface area contributed by atoms with E-state index >= 15 is 0 Å². The molecule has 82 valence electrons. The third-order valence-electron chi connectivity index (χ3n) is 3.03. The van der Waals surface area contributed by atoms with E-state index in [-0.39, 0.29) is 0 Å². The summed E-state index contributed by atoms with van der Waals surface area (Å²) in [6.07, 6.45) is 7.97. The van der Waals surface area contributed by atoms with Crippen LogP contribution in [0.5, 0.6) is 0 Å². The summed E-state index contributed by atoms with van der Waals surface area (Å²) in [5.74, 6) is 0.917. The number of rotatable bonds is 5. The van der Waals surface area contributed by atoms with Crippen molar-refractivity contribution in [2.45, 2.75) is 38.5 Å². The Hall–Kier alpha value is -0.150. The predicted molar refractivity (Wildman–Crippen MR) is 65.5 cm³/mol. The Labute approximate surface area is 92.8 Å². The number of nitrogens with zero attached hydrogens (tertiary/aromatic N) is 1. The van der Waals surface area contributed by atoms with Crippen molar-refractivity contribution >= 4 is 17.2 Å². The fourth-order valence-electron chi connectivity index (χ4n) is 2.20. The summed E-state index contributed by atoms with van der Waals surface area (Å²) < 4.78 is 0. The van der Waals surface area contributed by atoms with Gasteiger partial charge in [-0.3, -0.25) is 0 Å². The molecule has 0 aromatic carbocycles. The predicted octanol–water partition coefficient (Wildman–Crippen LogP) is 2.17. The Balaban J connectivity index is 2.11. The van der Waals surface area contributed by atoms with Crippen molar-refractivity contribution in [3.63, 3.8) is 0 Å². The van der Waals surface area contributed by atoms with E-state index in [0.717, 1.165) is 18.9 Å². The zero-order valence-electron chi connectivity index (χ0n) is 9.17. The Bertz CT molecular complexity index is 176. The minimum Gasteiger partial charge on any atom is -0.393 e. The highest BCUT2D eigenvalue weighted by atomic mass is 32.1. The summed E-state index contributed by atoms with van der Waals surface area (Å²) in [6, 6.07) is 0. The van der Waals surface area contributed by atoms with E-state index < -0.39 is 0 Å². The Kier molecular flexibility index (Phi) is 5.41. The van der Waals surface area contributed by atoms with Gasteiger partial charge in [0.1, 0.15) is 0 Å². The molecule has 1 aliphatic carbocycles.